The molecule has 94 valence electrons. The van der Waals surface area contributed by atoms with Gasteiger partial charge in [0.2, 0.25) is 5.91 Å². The number of unbranched alkanes of at least 4 members (excludes halogenated alkanes) is 1. The van der Waals surface area contributed by atoms with Crippen LogP contribution in [0.2, 0.25) is 0 Å². The van der Waals surface area contributed by atoms with Gasteiger partial charge in [0.05, 0.1) is 0 Å². The lowest BCUT2D eigenvalue weighted by molar-refractivity contribution is -0.118. The van der Waals surface area contributed by atoms with Crippen LogP contribution in [0.3, 0.4) is 0 Å². The van der Waals surface area contributed by atoms with Gasteiger partial charge in [0, 0.05) is 12.5 Å². The van der Waals surface area contributed by atoms with Gasteiger partial charge in [-0.2, -0.15) is 0 Å². The Morgan fingerprint density at radius 1 is 1.25 bits per heavy atom. The van der Waals surface area contributed by atoms with Gasteiger partial charge in [-0.1, -0.05) is 13.3 Å². The van der Waals surface area contributed by atoms with E-state index in [4.69, 9.17) is 5.73 Å². The van der Waals surface area contributed by atoms with E-state index in [0.29, 0.717) is 6.42 Å². The van der Waals surface area contributed by atoms with Gasteiger partial charge in [0.1, 0.15) is 0 Å². The molecule has 0 aliphatic heterocycles. The highest BCUT2D eigenvalue weighted by Crippen LogP contribution is 2.26. The highest BCUT2D eigenvalue weighted by molar-refractivity contribution is 5.73. The number of rotatable bonds is 7. The predicted molar refractivity (Wildman–Crippen MR) is 67.1 cm³/mol. The molecular formula is C13H26N2O. The van der Waals surface area contributed by atoms with Crippen molar-refractivity contribution in [3.05, 3.63) is 0 Å². The predicted octanol–water partition coefficient (Wildman–Crippen LogP) is 2.20. The van der Waals surface area contributed by atoms with Crippen LogP contribution in [0.1, 0.15) is 58.3 Å². The van der Waals surface area contributed by atoms with Gasteiger partial charge in [-0.3, -0.25) is 4.79 Å². The first-order valence-corrected chi connectivity index (χ1v) is 6.74. The Morgan fingerprint density at radius 2 is 1.94 bits per heavy atom. The van der Waals surface area contributed by atoms with Gasteiger partial charge < -0.3 is 11.1 Å². The maximum absolute atomic E-state index is 10.5. The quantitative estimate of drug-likeness (QED) is 0.654. The molecule has 0 unspecified atom stereocenters. The normalized spacial score (nSPS) is 25.6. The molecule has 0 saturated heterocycles. The van der Waals surface area contributed by atoms with E-state index in [1.807, 2.05) is 0 Å². The van der Waals surface area contributed by atoms with Gasteiger partial charge in [0.15, 0.2) is 0 Å². The molecule has 1 saturated carbocycles. The fourth-order valence-corrected chi connectivity index (χ4v) is 2.51. The van der Waals surface area contributed by atoms with Crippen molar-refractivity contribution in [3.63, 3.8) is 0 Å². The second kappa shape index (κ2) is 7.66. The Labute approximate surface area is 99.2 Å². The number of carbonyl (C=O) groups excluding carboxylic acids is 1. The minimum Gasteiger partial charge on any atom is -0.370 e. The lowest BCUT2D eigenvalue weighted by Gasteiger charge is -2.28. The summed E-state index contributed by atoms with van der Waals surface area (Å²) in [6, 6.07) is 0.719. The first-order valence-electron chi connectivity index (χ1n) is 6.74. The molecule has 3 N–H and O–H groups in total. The summed E-state index contributed by atoms with van der Waals surface area (Å²) in [4.78, 5) is 10.5. The Balaban J connectivity index is 1.96. The Kier molecular flexibility index (Phi) is 6.46. The van der Waals surface area contributed by atoms with Gasteiger partial charge in [0.25, 0.3) is 0 Å². The van der Waals surface area contributed by atoms with E-state index >= 15 is 0 Å². The van der Waals surface area contributed by atoms with Crippen molar-refractivity contribution in [2.75, 3.05) is 6.54 Å². The zero-order chi connectivity index (χ0) is 11.8. The van der Waals surface area contributed by atoms with Crippen LogP contribution in [0, 0.1) is 5.92 Å². The molecule has 0 aromatic carbocycles. The topological polar surface area (TPSA) is 55.1 Å². The molecule has 1 aliphatic rings. The average molecular weight is 226 g/mol. The van der Waals surface area contributed by atoms with E-state index in [9.17, 15) is 4.79 Å². The van der Waals surface area contributed by atoms with E-state index < -0.39 is 0 Å². The largest absolute Gasteiger partial charge is 0.370 e. The van der Waals surface area contributed by atoms with Crippen molar-refractivity contribution in [2.24, 2.45) is 11.7 Å². The number of hydrogen-bond acceptors (Lipinski definition) is 2. The standard InChI is InChI=1S/C13H26N2O/c1-2-11-6-8-12(9-7-11)15-10-4-3-5-13(14)16/h11-12,15H,2-10H2,1H3,(H2,14,16). The zero-order valence-electron chi connectivity index (χ0n) is 10.5. The Morgan fingerprint density at radius 3 is 2.50 bits per heavy atom. The molecule has 1 fully saturated rings. The van der Waals surface area contributed by atoms with E-state index in [-0.39, 0.29) is 5.91 Å². The molecule has 0 radical (unpaired) electrons. The van der Waals surface area contributed by atoms with Crippen LogP contribution >= 0.6 is 0 Å². The second-order valence-corrected chi connectivity index (χ2v) is 5.00. The van der Waals surface area contributed by atoms with Gasteiger partial charge in [-0.15, -0.1) is 0 Å². The second-order valence-electron chi connectivity index (χ2n) is 5.00. The first kappa shape index (κ1) is 13.5. The maximum atomic E-state index is 10.5. The maximum Gasteiger partial charge on any atom is 0.217 e. The minimum absolute atomic E-state index is 0.177. The molecule has 3 nitrogen and oxygen atoms in total. The van der Waals surface area contributed by atoms with E-state index in [2.05, 4.69) is 12.2 Å². The summed E-state index contributed by atoms with van der Waals surface area (Å²) < 4.78 is 0. The van der Waals surface area contributed by atoms with Gasteiger partial charge in [-0.25, -0.2) is 0 Å². The summed E-state index contributed by atoms with van der Waals surface area (Å²) in [5.41, 5.74) is 5.09. The van der Waals surface area contributed by atoms with E-state index in [0.717, 1.165) is 31.3 Å². The van der Waals surface area contributed by atoms with Crippen LogP contribution in [0.4, 0.5) is 0 Å². The molecule has 1 amide bonds. The number of nitrogens with one attached hydrogen (secondary N) is 1. The zero-order valence-corrected chi connectivity index (χ0v) is 10.5. The molecule has 0 heterocycles. The summed E-state index contributed by atoms with van der Waals surface area (Å²) in [7, 11) is 0. The highest BCUT2D eigenvalue weighted by Gasteiger charge is 2.18. The molecule has 0 spiro atoms. The molecule has 0 aromatic heterocycles. The summed E-state index contributed by atoms with van der Waals surface area (Å²) in [5.74, 6) is 0.788. The molecule has 0 atom stereocenters. The third kappa shape index (κ3) is 5.50. The van der Waals surface area contributed by atoms with Crippen LogP contribution < -0.4 is 11.1 Å². The summed E-state index contributed by atoms with van der Waals surface area (Å²) in [6.45, 7) is 3.33. The van der Waals surface area contributed by atoms with Crippen molar-refractivity contribution in [1.82, 2.24) is 5.32 Å². The van der Waals surface area contributed by atoms with Gasteiger partial charge in [-0.05, 0) is 51.0 Å². The Bertz CT molecular complexity index is 198. The monoisotopic (exact) mass is 226 g/mol. The minimum atomic E-state index is -0.177. The van der Waals surface area contributed by atoms with Crippen molar-refractivity contribution in [3.8, 4) is 0 Å². The summed E-state index contributed by atoms with van der Waals surface area (Å²) in [6.07, 6.45) is 9.28. The van der Waals surface area contributed by atoms with E-state index in [1.165, 1.54) is 32.1 Å². The molecule has 0 aromatic rings. The van der Waals surface area contributed by atoms with Gasteiger partial charge >= 0.3 is 0 Å². The molecule has 0 bridgehead atoms. The number of carbonyl (C=O) groups is 1. The van der Waals surface area contributed by atoms with Crippen molar-refractivity contribution in [1.29, 1.82) is 0 Å². The van der Waals surface area contributed by atoms with Crippen molar-refractivity contribution in [2.45, 2.75) is 64.3 Å². The van der Waals surface area contributed by atoms with Crippen molar-refractivity contribution >= 4 is 5.91 Å². The van der Waals surface area contributed by atoms with Crippen molar-refractivity contribution < 1.29 is 4.79 Å². The SMILES string of the molecule is CCC1CCC(NCCCCC(N)=O)CC1. The molecule has 1 aliphatic carbocycles. The molecular weight excluding hydrogens is 200 g/mol. The van der Waals surface area contributed by atoms with Crippen LogP contribution in [-0.4, -0.2) is 18.5 Å². The Hall–Kier alpha value is -0.570. The molecule has 1 rings (SSSR count). The summed E-state index contributed by atoms with van der Waals surface area (Å²) >= 11 is 0. The first-order chi connectivity index (χ1) is 7.72. The summed E-state index contributed by atoms with van der Waals surface area (Å²) in [5, 5.41) is 3.59. The van der Waals surface area contributed by atoms with Crippen LogP contribution in [0.15, 0.2) is 0 Å². The van der Waals surface area contributed by atoms with Crippen LogP contribution in [0.25, 0.3) is 0 Å². The number of primary amides is 1. The third-order valence-electron chi connectivity index (χ3n) is 3.71. The highest BCUT2D eigenvalue weighted by atomic mass is 16.1. The number of amides is 1. The van der Waals surface area contributed by atoms with E-state index in [1.54, 1.807) is 0 Å². The number of hydrogen-bond donors (Lipinski definition) is 2. The van der Waals surface area contributed by atoms with Crippen LogP contribution in [0.5, 0.6) is 0 Å². The molecule has 16 heavy (non-hydrogen) atoms. The third-order valence-corrected chi connectivity index (χ3v) is 3.71. The fraction of sp³-hybridized carbons (Fsp3) is 0.923. The lowest BCUT2D eigenvalue weighted by atomic mass is 9.84. The molecule has 3 heteroatoms. The lowest BCUT2D eigenvalue weighted by Crippen LogP contribution is -2.33. The number of nitrogens with two attached hydrogens (primary N) is 1. The fourth-order valence-electron chi connectivity index (χ4n) is 2.51. The average Bonchev–Trinajstić information content (AvgIpc) is 2.29. The smallest absolute Gasteiger partial charge is 0.217 e. The van der Waals surface area contributed by atoms with Crippen LogP contribution in [-0.2, 0) is 4.79 Å².